The van der Waals surface area contributed by atoms with Crippen LogP contribution in [0.3, 0.4) is 0 Å². The fourth-order valence-corrected chi connectivity index (χ4v) is 1.29. The zero-order valence-electron chi connectivity index (χ0n) is 7.50. The van der Waals surface area contributed by atoms with Gasteiger partial charge in [0, 0.05) is 6.04 Å². The van der Waals surface area contributed by atoms with Gasteiger partial charge in [0.15, 0.2) is 0 Å². The van der Waals surface area contributed by atoms with E-state index in [1.807, 2.05) is 0 Å². The quantitative estimate of drug-likeness (QED) is 0.660. The highest BCUT2D eigenvalue weighted by atomic mass is 35.5. The number of rotatable bonds is 4. The summed E-state index contributed by atoms with van der Waals surface area (Å²) in [4.78, 5) is 23.6. The Morgan fingerprint density at radius 2 is 2.15 bits per heavy atom. The summed E-state index contributed by atoms with van der Waals surface area (Å²) in [5.74, 6) is -0.694. The first-order valence-corrected chi connectivity index (χ1v) is 4.69. The van der Waals surface area contributed by atoms with Crippen LogP contribution in [0.15, 0.2) is 0 Å². The number of primary amides is 1. The van der Waals surface area contributed by atoms with Crippen LogP contribution in [0.1, 0.15) is 19.8 Å². The number of halogens is 1. The van der Waals surface area contributed by atoms with E-state index in [-0.39, 0.29) is 18.5 Å². The predicted octanol–water partition coefficient (Wildman–Crippen LogP) is 0.0900. The zero-order valence-corrected chi connectivity index (χ0v) is 8.25. The van der Waals surface area contributed by atoms with E-state index in [1.54, 1.807) is 6.92 Å². The molecule has 0 aromatic carbocycles. The number of carbonyl (C=O) groups is 2. The van der Waals surface area contributed by atoms with Crippen molar-refractivity contribution in [2.24, 2.45) is 5.73 Å². The summed E-state index contributed by atoms with van der Waals surface area (Å²) >= 11 is 5.63. The highest BCUT2D eigenvalue weighted by molar-refractivity contribution is 6.30. The number of carbonyl (C=O) groups excluding carboxylic acids is 2. The molecule has 0 radical (unpaired) electrons. The first-order valence-electron chi connectivity index (χ1n) is 4.25. The van der Waals surface area contributed by atoms with Gasteiger partial charge in [-0.2, -0.15) is 0 Å². The van der Waals surface area contributed by atoms with Crippen LogP contribution in [0.4, 0.5) is 0 Å². The predicted molar refractivity (Wildman–Crippen MR) is 49.2 cm³/mol. The maximum Gasteiger partial charge on any atom is 0.241 e. The maximum atomic E-state index is 11.4. The molecule has 13 heavy (non-hydrogen) atoms. The van der Waals surface area contributed by atoms with Gasteiger partial charge in [0.25, 0.3) is 0 Å². The SMILES string of the molecule is CC(Cl)C(=O)N(CC(N)=O)C1CC1. The Balaban J connectivity index is 2.56. The summed E-state index contributed by atoms with van der Waals surface area (Å²) in [5, 5.41) is -0.583. The molecule has 5 heteroatoms. The van der Waals surface area contributed by atoms with Gasteiger partial charge in [-0.1, -0.05) is 0 Å². The van der Waals surface area contributed by atoms with Crippen LogP contribution in [0, 0.1) is 0 Å². The van der Waals surface area contributed by atoms with E-state index in [0.29, 0.717) is 0 Å². The normalized spacial score (nSPS) is 18.0. The van der Waals surface area contributed by atoms with E-state index in [4.69, 9.17) is 17.3 Å². The highest BCUT2D eigenvalue weighted by Gasteiger charge is 2.34. The van der Waals surface area contributed by atoms with Crippen molar-refractivity contribution in [3.8, 4) is 0 Å². The molecule has 1 unspecified atom stereocenters. The highest BCUT2D eigenvalue weighted by Crippen LogP contribution is 2.27. The Morgan fingerprint density at radius 3 is 2.46 bits per heavy atom. The molecule has 2 amide bonds. The molecule has 0 aliphatic heterocycles. The van der Waals surface area contributed by atoms with Crippen molar-refractivity contribution < 1.29 is 9.59 Å². The van der Waals surface area contributed by atoms with Crippen molar-refractivity contribution >= 4 is 23.4 Å². The minimum atomic E-state index is -0.583. The molecule has 0 saturated heterocycles. The van der Waals surface area contributed by atoms with Crippen molar-refractivity contribution in [3.05, 3.63) is 0 Å². The molecule has 0 aromatic heterocycles. The molecule has 0 heterocycles. The number of nitrogens with two attached hydrogens (primary N) is 1. The molecule has 0 bridgehead atoms. The molecule has 1 aliphatic carbocycles. The van der Waals surface area contributed by atoms with Gasteiger partial charge in [0.05, 0.1) is 6.54 Å². The second-order valence-electron chi connectivity index (χ2n) is 3.28. The molecule has 1 saturated carbocycles. The third-order valence-corrected chi connectivity index (χ3v) is 2.12. The third kappa shape index (κ3) is 2.88. The first-order chi connectivity index (χ1) is 6.02. The first kappa shape index (κ1) is 10.3. The fourth-order valence-electron chi connectivity index (χ4n) is 1.17. The Kier molecular flexibility index (Phi) is 3.14. The van der Waals surface area contributed by atoms with Crippen molar-refractivity contribution in [3.63, 3.8) is 0 Å². The van der Waals surface area contributed by atoms with E-state index in [2.05, 4.69) is 0 Å². The van der Waals surface area contributed by atoms with Gasteiger partial charge in [-0.25, -0.2) is 0 Å². The minimum Gasteiger partial charge on any atom is -0.368 e. The zero-order chi connectivity index (χ0) is 10.0. The molecule has 1 rings (SSSR count). The lowest BCUT2D eigenvalue weighted by Crippen LogP contribution is -2.42. The average Bonchev–Trinajstić information content (AvgIpc) is 2.80. The molecule has 1 aliphatic rings. The van der Waals surface area contributed by atoms with Crippen LogP contribution < -0.4 is 5.73 Å². The molecular formula is C8H13ClN2O2. The van der Waals surface area contributed by atoms with Gasteiger partial charge in [0.1, 0.15) is 5.38 Å². The standard InChI is InChI=1S/C8H13ClN2O2/c1-5(9)8(13)11(4-7(10)12)6-2-3-6/h5-6H,2-4H2,1H3,(H2,10,12). The van der Waals surface area contributed by atoms with Crippen molar-refractivity contribution in [1.29, 1.82) is 0 Å². The number of hydrogen-bond acceptors (Lipinski definition) is 2. The Hall–Kier alpha value is -0.770. The van der Waals surface area contributed by atoms with Crippen LogP contribution in [-0.2, 0) is 9.59 Å². The molecule has 74 valence electrons. The molecule has 4 nitrogen and oxygen atoms in total. The molecule has 0 spiro atoms. The van der Waals surface area contributed by atoms with E-state index in [0.717, 1.165) is 12.8 Å². The summed E-state index contributed by atoms with van der Waals surface area (Å²) in [6.45, 7) is 1.58. The topological polar surface area (TPSA) is 63.4 Å². The molecule has 1 atom stereocenters. The van der Waals surface area contributed by atoms with Crippen LogP contribution in [0.5, 0.6) is 0 Å². The largest absolute Gasteiger partial charge is 0.368 e. The number of amides is 2. The third-order valence-electron chi connectivity index (χ3n) is 1.94. The summed E-state index contributed by atoms with van der Waals surface area (Å²) in [6, 6.07) is 0.182. The molecule has 0 aromatic rings. The second kappa shape index (κ2) is 3.96. The molecule has 2 N–H and O–H groups in total. The van der Waals surface area contributed by atoms with Gasteiger partial charge in [0.2, 0.25) is 11.8 Å². The van der Waals surface area contributed by atoms with Crippen molar-refractivity contribution in [2.75, 3.05) is 6.54 Å². The van der Waals surface area contributed by atoms with Crippen LogP contribution in [-0.4, -0.2) is 34.7 Å². The van der Waals surface area contributed by atoms with E-state index in [9.17, 15) is 9.59 Å². The van der Waals surface area contributed by atoms with Crippen molar-refractivity contribution in [1.82, 2.24) is 4.90 Å². The molecule has 1 fully saturated rings. The summed E-state index contributed by atoms with van der Waals surface area (Å²) in [6.07, 6.45) is 1.89. The lowest BCUT2D eigenvalue weighted by Gasteiger charge is -2.21. The van der Waals surface area contributed by atoms with Crippen LogP contribution in [0.2, 0.25) is 0 Å². The van der Waals surface area contributed by atoms with E-state index < -0.39 is 11.3 Å². The average molecular weight is 205 g/mol. The lowest BCUT2D eigenvalue weighted by molar-refractivity contribution is -0.135. The van der Waals surface area contributed by atoms with Gasteiger partial charge < -0.3 is 10.6 Å². The van der Waals surface area contributed by atoms with Crippen LogP contribution in [0.25, 0.3) is 0 Å². The van der Waals surface area contributed by atoms with E-state index >= 15 is 0 Å². The smallest absolute Gasteiger partial charge is 0.241 e. The van der Waals surface area contributed by atoms with Gasteiger partial charge in [-0.15, -0.1) is 11.6 Å². The molecular weight excluding hydrogens is 192 g/mol. The number of hydrogen-bond donors (Lipinski definition) is 1. The van der Waals surface area contributed by atoms with Crippen LogP contribution >= 0.6 is 11.6 Å². The maximum absolute atomic E-state index is 11.4. The fraction of sp³-hybridized carbons (Fsp3) is 0.750. The number of alkyl halides is 1. The lowest BCUT2D eigenvalue weighted by atomic mass is 10.3. The van der Waals surface area contributed by atoms with Gasteiger partial charge in [-0.05, 0) is 19.8 Å². The Labute approximate surface area is 82.0 Å². The monoisotopic (exact) mass is 204 g/mol. The Bertz CT molecular complexity index is 226. The van der Waals surface area contributed by atoms with Gasteiger partial charge in [-0.3, -0.25) is 9.59 Å². The van der Waals surface area contributed by atoms with Gasteiger partial charge >= 0.3 is 0 Å². The van der Waals surface area contributed by atoms with Crippen molar-refractivity contribution in [2.45, 2.75) is 31.2 Å². The number of nitrogens with zero attached hydrogens (tertiary/aromatic N) is 1. The summed E-state index contributed by atoms with van der Waals surface area (Å²) < 4.78 is 0. The summed E-state index contributed by atoms with van der Waals surface area (Å²) in [7, 11) is 0. The van der Waals surface area contributed by atoms with E-state index in [1.165, 1.54) is 4.90 Å². The Morgan fingerprint density at radius 1 is 1.62 bits per heavy atom. The second-order valence-corrected chi connectivity index (χ2v) is 3.93. The minimum absolute atomic E-state index is 0.0133. The summed E-state index contributed by atoms with van der Waals surface area (Å²) in [5.41, 5.74) is 5.02.